The smallest absolute Gasteiger partial charge is 0.267 e. The van der Waals surface area contributed by atoms with Gasteiger partial charge in [0.25, 0.3) is 6.43 Å². The molecule has 0 atom stereocenters. The number of fused-ring (bicyclic) bond motifs is 2. The Morgan fingerprint density at radius 2 is 1.86 bits per heavy atom. The van der Waals surface area contributed by atoms with Crippen LogP contribution >= 0.6 is 0 Å². The molecule has 29 heavy (non-hydrogen) atoms. The number of piperidine rings is 1. The molecular formula is C20H19F3N6. The fourth-order valence-corrected chi connectivity index (χ4v) is 3.95. The summed E-state index contributed by atoms with van der Waals surface area (Å²) >= 11 is 0. The van der Waals surface area contributed by atoms with Gasteiger partial charge in [0.15, 0.2) is 17.1 Å². The molecule has 4 aromatic rings. The molecule has 1 aliphatic heterocycles. The van der Waals surface area contributed by atoms with Gasteiger partial charge < -0.3 is 9.72 Å². The van der Waals surface area contributed by atoms with Gasteiger partial charge in [-0.1, -0.05) is 0 Å². The Morgan fingerprint density at radius 1 is 1.07 bits per heavy atom. The van der Waals surface area contributed by atoms with Gasteiger partial charge in [0.1, 0.15) is 0 Å². The molecule has 1 fully saturated rings. The lowest BCUT2D eigenvalue weighted by Crippen LogP contribution is -2.26. The summed E-state index contributed by atoms with van der Waals surface area (Å²) in [5, 5.41) is 7.67. The third kappa shape index (κ3) is 3.15. The van der Waals surface area contributed by atoms with E-state index in [9.17, 15) is 13.2 Å². The van der Waals surface area contributed by atoms with Gasteiger partial charge in [-0.3, -0.25) is 0 Å². The molecule has 0 bridgehead atoms. The lowest BCUT2D eigenvalue weighted by molar-refractivity contribution is 0.152. The van der Waals surface area contributed by atoms with Gasteiger partial charge in [-0.25, -0.2) is 27.7 Å². The SMILES string of the molecule is Cc1cn2nc(-c3cc(F)c4nc(C5CCNCC5)cn4c3)cc(C(F)F)c2n1. The molecule has 0 spiro atoms. The number of nitrogens with one attached hydrogen (secondary N) is 1. The van der Waals surface area contributed by atoms with Gasteiger partial charge in [0.2, 0.25) is 0 Å². The average Bonchev–Trinajstić information content (AvgIpc) is 3.30. The van der Waals surface area contributed by atoms with Crippen molar-refractivity contribution in [2.75, 3.05) is 13.1 Å². The Bertz CT molecular complexity index is 1210. The number of hydrogen-bond acceptors (Lipinski definition) is 4. The van der Waals surface area contributed by atoms with E-state index in [1.54, 1.807) is 23.7 Å². The minimum atomic E-state index is -2.71. The molecule has 0 aliphatic carbocycles. The van der Waals surface area contributed by atoms with Gasteiger partial charge in [0.05, 0.1) is 28.8 Å². The van der Waals surface area contributed by atoms with Crippen LogP contribution in [-0.2, 0) is 0 Å². The predicted octanol–water partition coefficient (Wildman–Crippen LogP) is 3.90. The summed E-state index contributed by atoms with van der Waals surface area (Å²) in [6.45, 7) is 3.54. The summed E-state index contributed by atoms with van der Waals surface area (Å²) in [4.78, 5) is 8.59. The van der Waals surface area contributed by atoms with Crippen molar-refractivity contribution in [3.05, 3.63) is 53.5 Å². The Labute approximate surface area is 164 Å². The maximum absolute atomic E-state index is 14.8. The predicted molar refractivity (Wildman–Crippen MR) is 102 cm³/mol. The average molecular weight is 400 g/mol. The molecule has 1 aliphatic rings. The van der Waals surface area contributed by atoms with Crippen molar-refractivity contribution < 1.29 is 13.2 Å². The minimum Gasteiger partial charge on any atom is -0.317 e. The molecule has 0 amide bonds. The molecule has 5 rings (SSSR count). The van der Waals surface area contributed by atoms with Crippen molar-refractivity contribution in [1.82, 2.24) is 29.3 Å². The number of nitrogens with zero attached hydrogens (tertiary/aromatic N) is 5. The van der Waals surface area contributed by atoms with E-state index in [1.165, 1.54) is 16.6 Å². The van der Waals surface area contributed by atoms with Crippen LogP contribution in [-0.4, -0.2) is 37.1 Å². The molecule has 1 saturated heterocycles. The summed E-state index contributed by atoms with van der Waals surface area (Å²) in [7, 11) is 0. The first-order chi connectivity index (χ1) is 14.0. The fourth-order valence-electron chi connectivity index (χ4n) is 3.95. The molecular weight excluding hydrogens is 381 g/mol. The highest BCUT2D eigenvalue weighted by Gasteiger charge is 2.21. The minimum absolute atomic E-state index is 0.110. The Balaban J connectivity index is 1.63. The summed E-state index contributed by atoms with van der Waals surface area (Å²) in [6.07, 6.45) is 4.28. The Hall–Kier alpha value is -2.94. The normalized spacial score (nSPS) is 15.8. The first-order valence-corrected chi connectivity index (χ1v) is 9.54. The van der Waals surface area contributed by atoms with E-state index < -0.39 is 12.2 Å². The number of alkyl halides is 2. The molecule has 0 aromatic carbocycles. The van der Waals surface area contributed by atoms with Crippen LogP contribution in [0.2, 0.25) is 0 Å². The summed E-state index contributed by atoms with van der Waals surface area (Å²) < 4.78 is 44.9. The number of imidazole rings is 2. The maximum Gasteiger partial charge on any atom is 0.267 e. The second-order valence-electron chi connectivity index (χ2n) is 7.43. The molecule has 150 valence electrons. The third-order valence-corrected chi connectivity index (χ3v) is 5.39. The van der Waals surface area contributed by atoms with Gasteiger partial charge in [-0.05, 0) is 45.0 Å². The zero-order valence-electron chi connectivity index (χ0n) is 15.7. The molecule has 4 aromatic heterocycles. The highest BCUT2D eigenvalue weighted by atomic mass is 19.3. The van der Waals surface area contributed by atoms with Crippen molar-refractivity contribution in [2.45, 2.75) is 32.1 Å². The standard InChI is InChI=1S/C20H19F3N6/c1-11-8-29-19(25-11)14(18(22)23)7-16(27-29)13-6-15(21)20-26-17(10-28(20)9-13)12-2-4-24-5-3-12/h6-10,12,18,24H,2-5H2,1H3. The second kappa shape index (κ2) is 6.84. The molecule has 1 N–H and O–H groups in total. The zero-order chi connectivity index (χ0) is 20.1. The Kier molecular flexibility index (Phi) is 4.27. The number of aromatic nitrogens is 5. The van der Waals surface area contributed by atoms with Crippen LogP contribution in [0.1, 0.15) is 42.1 Å². The van der Waals surface area contributed by atoms with Crippen molar-refractivity contribution in [3.8, 4) is 11.3 Å². The van der Waals surface area contributed by atoms with Gasteiger partial charge >= 0.3 is 0 Å². The maximum atomic E-state index is 14.8. The van der Waals surface area contributed by atoms with Crippen LogP contribution in [0, 0.1) is 12.7 Å². The topological polar surface area (TPSA) is 59.5 Å². The van der Waals surface area contributed by atoms with Crippen LogP contribution in [0.4, 0.5) is 13.2 Å². The molecule has 6 nitrogen and oxygen atoms in total. The fraction of sp³-hybridized carbons (Fsp3) is 0.350. The van der Waals surface area contributed by atoms with Crippen LogP contribution in [0.5, 0.6) is 0 Å². The van der Waals surface area contributed by atoms with E-state index in [4.69, 9.17) is 0 Å². The second-order valence-corrected chi connectivity index (χ2v) is 7.43. The van der Waals surface area contributed by atoms with Crippen LogP contribution in [0.3, 0.4) is 0 Å². The van der Waals surface area contributed by atoms with E-state index in [0.717, 1.165) is 31.6 Å². The Morgan fingerprint density at radius 3 is 2.62 bits per heavy atom. The van der Waals surface area contributed by atoms with Crippen LogP contribution in [0.15, 0.2) is 30.7 Å². The van der Waals surface area contributed by atoms with Gasteiger partial charge in [-0.15, -0.1) is 0 Å². The molecule has 0 saturated carbocycles. The van der Waals surface area contributed by atoms with E-state index in [2.05, 4.69) is 20.4 Å². The van der Waals surface area contributed by atoms with Crippen molar-refractivity contribution >= 4 is 11.3 Å². The van der Waals surface area contributed by atoms with Gasteiger partial charge in [-0.2, -0.15) is 5.10 Å². The molecule has 5 heterocycles. The molecule has 9 heteroatoms. The van der Waals surface area contributed by atoms with Crippen LogP contribution in [0.25, 0.3) is 22.6 Å². The summed E-state index contributed by atoms with van der Waals surface area (Å²) in [5.74, 6) is -0.224. The highest BCUT2D eigenvalue weighted by Crippen LogP contribution is 2.30. The lowest BCUT2D eigenvalue weighted by Gasteiger charge is -2.20. The third-order valence-electron chi connectivity index (χ3n) is 5.39. The molecule has 0 unspecified atom stereocenters. The highest BCUT2D eigenvalue weighted by molar-refractivity contribution is 5.65. The summed E-state index contributed by atoms with van der Waals surface area (Å²) in [6, 6.07) is 2.57. The first-order valence-electron chi connectivity index (χ1n) is 9.54. The van der Waals surface area contributed by atoms with E-state index >= 15 is 0 Å². The van der Waals surface area contributed by atoms with Crippen LogP contribution < -0.4 is 5.32 Å². The largest absolute Gasteiger partial charge is 0.317 e. The van der Waals surface area contributed by atoms with Crippen molar-refractivity contribution in [2.24, 2.45) is 0 Å². The number of hydrogen-bond donors (Lipinski definition) is 1. The van der Waals surface area contributed by atoms with Gasteiger partial charge in [0, 0.05) is 23.9 Å². The molecule has 0 radical (unpaired) electrons. The zero-order valence-corrected chi connectivity index (χ0v) is 15.7. The van der Waals surface area contributed by atoms with E-state index in [1.807, 2.05) is 6.20 Å². The summed E-state index contributed by atoms with van der Waals surface area (Å²) in [5.41, 5.74) is 2.20. The lowest BCUT2D eigenvalue weighted by atomic mass is 9.95. The van der Waals surface area contributed by atoms with Crippen molar-refractivity contribution in [3.63, 3.8) is 0 Å². The quantitative estimate of drug-likeness (QED) is 0.567. The number of pyridine rings is 1. The van der Waals surface area contributed by atoms with E-state index in [0.29, 0.717) is 11.3 Å². The number of rotatable bonds is 3. The number of halogens is 3. The number of aryl methyl sites for hydroxylation is 1. The van der Waals surface area contributed by atoms with Crippen molar-refractivity contribution in [1.29, 1.82) is 0 Å². The monoisotopic (exact) mass is 400 g/mol. The van der Waals surface area contributed by atoms with E-state index in [-0.39, 0.29) is 28.5 Å². The first kappa shape index (κ1) is 18.1.